The zero-order valence-electron chi connectivity index (χ0n) is 7.49. The SMILES string of the molecule is Cc1ccc(-c2nnc(N)o2)cc1F. The second-order valence-corrected chi connectivity index (χ2v) is 2.91. The minimum absolute atomic E-state index is 0.0269. The molecule has 2 aromatic rings. The number of anilines is 1. The maximum atomic E-state index is 13.2. The Bertz CT molecular complexity index is 467. The molecular weight excluding hydrogens is 185 g/mol. The second kappa shape index (κ2) is 3.10. The van der Waals surface area contributed by atoms with Crippen LogP contribution >= 0.6 is 0 Å². The predicted octanol–water partition coefficient (Wildman–Crippen LogP) is 1.77. The largest absolute Gasteiger partial charge is 0.404 e. The molecule has 14 heavy (non-hydrogen) atoms. The molecule has 0 saturated carbocycles. The van der Waals surface area contributed by atoms with Crippen LogP contribution in [0.1, 0.15) is 5.56 Å². The summed E-state index contributed by atoms with van der Waals surface area (Å²) in [7, 11) is 0. The van der Waals surface area contributed by atoms with Gasteiger partial charge in [-0.3, -0.25) is 0 Å². The van der Waals surface area contributed by atoms with E-state index in [9.17, 15) is 4.39 Å². The summed E-state index contributed by atoms with van der Waals surface area (Å²) in [6.07, 6.45) is 0. The quantitative estimate of drug-likeness (QED) is 0.749. The van der Waals surface area contributed by atoms with Gasteiger partial charge < -0.3 is 10.2 Å². The Kier molecular flexibility index (Phi) is 1.92. The molecule has 1 aromatic carbocycles. The number of aryl methyl sites for hydroxylation is 1. The lowest BCUT2D eigenvalue weighted by molar-refractivity contribution is 0.586. The summed E-state index contributed by atoms with van der Waals surface area (Å²) in [6, 6.07) is 4.65. The number of rotatable bonds is 1. The highest BCUT2D eigenvalue weighted by Gasteiger charge is 2.07. The van der Waals surface area contributed by atoms with Gasteiger partial charge in [0.1, 0.15) is 5.82 Å². The van der Waals surface area contributed by atoms with E-state index in [0.717, 1.165) is 0 Å². The Morgan fingerprint density at radius 3 is 2.71 bits per heavy atom. The first-order valence-corrected chi connectivity index (χ1v) is 4.02. The van der Waals surface area contributed by atoms with Crippen molar-refractivity contribution in [1.82, 2.24) is 10.2 Å². The normalized spacial score (nSPS) is 10.4. The molecule has 0 bridgehead atoms. The summed E-state index contributed by atoms with van der Waals surface area (Å²) in [4.78, 5) is 0. The molecule has 0 aliphatic heterocycles. The van der Waals surface area contributed by atoms with E-state index in [1.165, 1.54) is 6.07 Å². The highest BCUT2D eigenvalue weighted by Crippen LogP contribution is 2.20. The maximum absolute atomic E-state index is 13.2. The molecule has 72 valence electrons. The lowest BCUT2D eigenvalue weighted by atomic mass is 10.1. The van der Waals surface area contributed by atoms with Crippen molar-refractivity contribution in [2.24, 2.45) is 0 Å². The van der Waals surface area contributed by atoms with Crippen LogP contribution in [-0.4, -0.2) is 10.2 Å². The molecule has 0 fully saturated rings. The average Bonchev–Trinajstić information content (AvgIpc) is 2.57. The maximum Gasteiger partial charge on any atom is 0.313 e. The van der Waals surface area contributed by atoms with Crippen molar-refractivity contribution in [3.05, 3.63) is 29.6 Å². The van der Waals surface area contributed by atoms with Gasteiger partial charge in [0.15, 0.2) is 0 Å². The first kappa shape index (κ1) is 8.68. The summed E-state index contributed by atoms with van der Waals surface area (Å²) in [5.41, 5.74) is 6.35. The third-order valence-electron chi connectivity index (χ3n) is 1.86. The fraction of sp³-hybridized carbons (Fsp3) is 0.111. The molecule has 0 radical (unpaired) electrons. The van der Waals surface area contributed by atoms with Gasteiger partial charge in [-0.2, -0.15) is 0 Å². The molecule has 5 heteroatoms. The molecule has 1 aromatic heterocycles. The van der Waals surface area contributed by atoms with Crippen LogP contribution in [0.25, 0.3) is 11.5 Å². The molecular formula is C9H8FN3O. The molecule has 0 aliphatic rings. The first-order chi connectivity index (χ1) is 6.66. The van der Waals surface area contributed by atoms with Crippen LogP contribution in [0.4, 0.5) is 10.4 Å². The smallest absolute Gasteiger partial charge is 0.313 e. The number of halogens is 1. The van der Waals surface area contributed by atoms with Crippen LogP contribution in [-0.2, 0) is 0 Å². The van der Waals surface area contributed by atoms with Gasteiger partial charge in [-0.25, -0.2) is 4.39 Å². The Morgan fingerprint density at radius 1 is 1.36 bits per heavy atom. The summed E-state index contributed by atoms with van der Waals surface area (Å²) >= 11 is 0. The number of hydrogen-bond acceptors (Lipinski definition) is 4. The summed E-state index contributed by atoms with van der Waals surface area (Å²) in [5.74, 6) is -0.0827. The van der Waals surface area contributed by atoms with Crippen molar-refractivity contribution < 1.29 is 8.81 Å². The van der Waals surface area contributed by atoms with E-state index in [4.69, 9.17) is 10.2 Å². The highest BCUT2D eigenvalue weighted by molar-refractivity contribution is 5.53. The van der Waals surface area contributed by atoms with Gasteiger partial charge in [0.2, 0.25) is 5.89 Å². The number of hydrogen-bond donors (Lipinski definition) is 1. The summed E-state index contributed by atoms with van der Waals surface area (Å²) < 4.78 is 18.1. The van der Waals surface area contributed by atoms with Gasteiger partial charge in [-0.1, -0.05) is 11.2 Å². The van der Waals surface area contributed by atoms with Crippen molar-refractivity contribution >= 4 is 6.01 Å². The van der Waals surface area contributed by atoms with Crippen LogP contribution in [0.2, 0.25) is 0 Å². The Balaban J connectivity index is 2.47. The van der Waals surface area contributed by atoms with Gasteiger partial charge >= 0.3 is 6.01 Å². The fourth-order valence-electron chi connectivity index (χ4n) is 1.08. The summed E-state index contributed by atoms with van der Waals surface area (Å²) in [6.45, 7) is 1.68. The van der Waals surface area contributed by atoms with Crippen molar-refractivity contribution in [2.75, 3.05) is 5.73 Å². The molecule has 0 unspecified atom stereocenters. The molecule has 0 atom stereocenters. The summed E-state index contributed by atoms with van der Waals surface area (Å²) in [5, 5.41) is 7.13. The van der Waals surface area contributed by atoms with Crippen molar-refractivity contribution in [3.8, 4) is 11.5 Å². The van der Waals surface area contributed by atoms with Crippen LogP contribution in [0.5, 0.6) is 0 Å². The fourth-order valence-corrected chi connectivity index (χ4v) is 1.08. The molecule has 0 spiro atoms. The lowest BCUT2D eigenvalue weighted by Crippen LogP contribution is -1.84. The van der Waals surface area contributed by atoms with Crippen molar-refractivity contribution in [3.63, 3.8) is 0 Å². The minimum Gasteiger partial charge on any atom is -0.404 e. The topological polar surface area (TPSA) is 64.9 Å². The van der Waals surface area contributed by atoms with Gasteiger partial charge in [0.05, 0.1) is 0 Å². The van der Waals surface area contributed by atoms with E-state index in [1.54, 1.807) is 19.1 Å². The molecule has 2 rings (SSSR count). The van der Waals surface area contributed by atoms with Crippen LogP contribution < -0.4 is 5.73 Å². The van der Waals surface area contributed by atoms with E-state index in [1.807, 2.05) is 0 Å². The van der Waals surface area contributed by atoms with Crippen molar-refractivity contribution in [1.29, 1.82) is 0 Å². The third kappa shape index (κ3) is 1.44. The number of nitrogens with two attached hydrogens (primary N) is 1. The molecule has 0 aliphatic carbocycles. The van der Waals surface area contributed by atoms with Gasteiger partial charge in [0.25, 0.3) is 0 Å². The van der Waals surface area contributed by atoms with Gasteiger partial charge in [-0.15, -0.1) is 5.10 Å². The predicted molar refractivity (Wildman–Crippen MR) is 48.8 cm³/mol. The standard InChI is InChI=1S/C9H8FN3O/c1-5-2-3-6(4-7(5)10)8-12-13-9(11)14-8/h2-4H,1H3,(H2,11,13). The minimum atomic E-state index is -0.306. The van der Waals surface area contributed by atoms with Crippen LogP contribution in [0, 0.1) is 12.7 Å². The number of aromatic nitrogens is 2. The molecule has 2 N–H and O–H groups in total. The Labute approximate surface area is 79.6 Å². The lowest BCUT2D eigenvalue weighted by Gasteiger charge is -1.97. The van der Waals surface area contributed by atoms with E-state index >= 15 is 0 Å². The number of benzene rings is 1. The van der Waals surface area contributed by atoms with E-state index in [2.05, 4.69) is 10.2 Å². The molecule has 1 heterocycles. The first-order valence-electron chi connectivity index (χ1n) is 4.02. The third-order valence-corrected chi connectivity index (χ3v) is 1.86. The average molecular weight is 193 g/mol. The van der Waals surface area contributed by atoms with Gasteiger partial charge in [-0.05, 0) is 24.6 Å². The second-order valence-electron chi connectivity index (χ2n) is 2.91. The Hall–Kier alpha value is -1.91. The van der Waals surface area contributed by atoms with E-state index in [-0.39, 0.29) is 17.7 Å². The van der Waals surface area contributed by atoms with Crippen LogP contribution in [0.15, 0.2) is 22.6 Å². The zero-order valence-corrected chi connectivity index (χ0v) is 7.49. The highest BCUT2D eigenvalue weighted by atomic mass is 19.1. The monoisotopic (exact) mass is 193 g/mol. The van der Waals surface area contributed by atoms with Crippen molar-refractivity contribution in [2.45, 2.75) is 6.92 Å². The Morgan fingerprint density at radius 2 is 2.14 bits per heavy atom. The zero-order chi connectivity index (χ0) is 10.1. The number of nitrogens with zero attached hydrogens (tertiary/aromatic N) is 2. The van der Waals surface area contributed by atoms with E-state index in [0.29, 0.717) is 11.1 Å². The molecule has 0 amide bonds. The molecule has 0 saturated heterocycles. The van der Waals surface area contributed by atoms with E-state index < -0.39 is 0 Å². The van der Waals surface area contributed by atoms with Gasteiger partial charge in [0, 0.05) is 5.56 Å². The van der Waals surface area contributed by atoms with Crippen LogP contribution in [0.3, 0.4) is 0 Å². The molecule has 4 nitrogen and oxygen atoms in total. The number of nitrogen functional groups attached to an aromatic ring is 1.